The molecule has 2 aromatic rings. The van der Waals surface area contributed by atoms with Gasteiger partial charge in [0.15, 0.2) is 0 Å². The molecule has 0 fully saturated rings. The van der Waals surface area contributed by atoms with Crippen LogP contribution in [0.5, 0.6) is 0 Å². The Bertz CT molecular complexity index is 732. The molecule has 0 amide bonds. The Morgan fingerprint density at radius 2 is 2.05 bits per heavy atom. The molecule has 1 heterocycles. The van der Waals surface area contributed by atoms with Gasteiger partial charge in [0.05, 0.1) is 6.61 Å². The first-order chi connectivity index (χ1) is 9.42. The molecule has 0 spiro atoms. The van der Waals surface area contributed by atoms with Crippen LogP contribution in [0.1, 0.15) is 11.3 Å². The maximum atomic E-state index is 12.3. The van der Waals surface area contributed by atoms with E-state index in [1.165, 1.54) is 6.07 Å². The molecule has 0 unspecified atom stereocenters. The van der Waals surface area contributed by atoms with Gasteiger partial charge in [0.2, 0.25) is 0 Å². The number of hydrogen-bond acceptors (Lipinski definition) is 4. The van der Waals surface area contributed by atoms with Crippen LogP contribution in [0, 0.1) is 6.92 Å². The number of aromatic nitrogens is 1. The lowest BCUT2D eigenvalue weighted by molar-refractivity contribution is 0.281. The van der Waals surface area contributed by atoms with E-state index >= 15 is 0 Å². The van der Waals surface area contributed by atoms with Crippen LogP contribution in [0.2, 0.25) is 0 Å². The van der Waals surface area contributed by atoms with Crippen LogP contribution in [0.3, 0.4) is 0 Å². The van der Waals surface area contributed by atoms with E-state index in [1.54, 1.807) is 37.3 Å². The number of pyridine rings is 1. The van der Waals surface area contributed by atoms with Gasteiger partial charge < -0.3 is 5.11 Å². The highest BCUT2D eigenvalue weighted by atomic mass is 79.9. The van der Waals surface area contributed by atoms with E-state index in [0.29, 0.717) is 10.0 Å². The number of aliphatic hydroxyl groups excluding tert-OH is 1. The molecule has 1 aromatic carbocycles. The molecule has 0 aliphatic carbocycles. The molecule has 0 aliphatic rings. The van der Waals surface area contributed by atoms with Gasteiger partial charge in [0.1, 0.15) is 10.7 Å². The molecule has 1 aromatic heterocycles. The van der Waals surface area contributed by atoms with Crippen molar-refractivity contribution in [2.45, 2.75) is 18.4 Å². The summed E-state index contributed by atoms with van der Waals surface area (Å²) in [6, 6.07) is 9.66. The molecule has 106 valence electrons. The normalized spacial score (nSPS) is 11.3. The lowest BCUT2D eigenvalue weighted by Gasteiger charge is -2.10. The largest absolute Gasteiger partial charge is 0.392 e. The third kappa shape index (κ3) is 3.36. The first kappa shape index (κ1) is 15.0. The summed E-state index contributed by atoms with van der Waals surface area (Å²) in [6.45, 7) is 1.63. The minimum atomic E-state index is -3.73. The number of nitrogens with zero attached hydrogens (tertiary/aromatic N) is 1. The predicted octanol–water partition coefficient (Wildman–Crippen LogP) is 2.45. The van der Waals surface area contributed by atoms with E-state index in [4.69, 9.17) is 5.11 Å². The quantitative estimate of drug-likeness (QED) is 0.881. The smallest absolute Gasteiger partial charge is 0.264 e. The number of benzene rings is 1. The highest BCUT2D eigenvalue weighted by molar-refractivity contribution is 9.10. The molecular formula is C13H13BrN2O3S. The van der Waals surface area contributed by atoms with E-state index in [0.717, 1.165) is 5.69 Å². The van der Waals surface area contributed by atoms with Crippen molar-refractivity contribution < 1.29 is 13.5 Å². The Labute approximate surface area is 125 Å². The molecule has 7 heteroatoms. The van der Waals surface area contributed by atoms with Crippen LogP contribution in [0.15, 0.2) is 45.8 Å². The molecule has 0 atom stereocenters. The Balaban J connectivity index is 2.36. The molecule has 2 N–H and O–H groups in total. The van der Waals surface area contributed by atoms with Crippen molar-refractivity contribution in [3.05, 3.63) is 52.1 Å². The predicted molar refractivity (Wildman–Crippen MR) is 79.8 cm³/mol. The fraction of sp³-hybridized carbons (Fsp3) is 0.154. The van der Waals surface area contributed by atoms with Crippen molar-refractivity contribution in [3.8, 4) is 0 Å². The van der Waals surface area contributed by atoms with Crippen molar-refractivity contribution in [1.82, 2.24) is 4.98 Å². The minimum Gasteiger partial charge on any atom is -0.392 e. The number of aryl methyl sites for hydroxylation is 1. The summed E-state index contributed by atoms with van der Waals surface area (Å²) in [5.74, 6) is 0.267. The minimum absolute atomic E-state index is 0.0954. The summed E-state index contributed by atoms with van der Waals surface area (Å²) >= 11 is 3.20. The number of sulfonamides is 1. The lowest BCUT2D eigenvalue weighted by Crippen LogP contribution is -2.14. The third-order valence-corrected chi connectivity index (χ3v) is 4.93. The summed E-state index contributed by atoms with van der Waals surface area (Å²) in [4.78, 5) is 4.20. The first-order valence-electron chi connectivity index (χ1n) is 5.78. The van der Waals surface area contributed by atoms with Gasteiger partial charge in [-0.15, -0.1) is 0 Å². The number of anilines is 1. The average Bonchev–Trinajstić information content (AvgIpc) is 2.37. The summed E-state index contributed by atoms with van der Waals surface area (Å²) in [5, 5.41) is 9.03. The molecule has 0 aliphatic heterocycles. The monoisotopic (exact) mass is 356 g/mol. The van der Waals surface area contributed by atoms with E-state index in [9.17, 15) is 8.42 Å². The second-order valence-corrected chi connectivity index (χ2v) is 6.70. The first-order valence-corrected chi connectivity index (χ1v) is 8.06. The van der Waals surface area contributed by atoms with Gasteiger partial charge in [0, 0.05) is 10.2 Å². The van der Waals surface area contributed by atoms with Crippen molar-refractivity contribution in [3.63, 3.8) is 0 Å². The zero-order chi connectivity index (χ0) is 14.8. The van der Waals surface area contributed by atoms with Crippen LogP contribution in [0.4, 0.5) is 5.82 Å². The van der Waals surface area contributed by atoms with E-state index < -0.39 is 10.0 Å². The van der Waals surface area contributed by atoms with Gasteiger partial charge in [-0.05, 0) is 52.7 Å². The molecule has 2 rings (SSSR count). The van der Waals surface area contributed by atoms with Crippen LogP contribution in [0.25, 0.3) is 0 Å². The van der Waals surface area contributed by atoms with Crippen molar-refractivity contribution >= 4 is 31.8 Å². The van der Waals surface area contributed by atoms with Gasteiger partial charge in [-0.3, -0.25) is 4.72 Å². The maximum absolute atomic E-state index is 12.3. The average molecular weight is 357 g/mol. The zero-order valence-electron chi connectivity index (χ0n) is 10.7. The van der Waals surface area contributed by atoms with Crippen molar-refractivity contribution in [1.29, 1.82) is 0 Å². The second-order valence-electron chi connectivity index (χ2n) is 4.19. The summed E-state index contributed by atoms with van der Waals surface area (Å²) < 4.78 is 27.4. The number of nitrogens with one attached hydrogen (secondary N) is 1. The van der Waals surface area contributed by atoms with Gasteiger partial charge in [-0.25, -0.2) is 13.4 Å². The maximum Gasteiger partial charge on any atom is 0.264 e. The fourth-order valence-electron chi connectivity index (χ4n) is 1.65. The van der Waals surface area contributed by atoms with Gasteiger partial charge in [0.25, 0.3) is 10.0 Å². The van der Waals surface area contributed by atoms with Crippen molar-refractivity contribution in [2.24, 2.45) is 0 Å². The number of rotatable bonds is 4. The molecule has 0 saturated heterocycles. The summed E-state index contributed by atoms with van der Waals surface area (Å²) in [5.41, 5.74) is 1.35. The van der Waals surface area contributed by atoms with E-state index in [2.05, 4.69) is 25.6 Å². The number of halogens is 1. The van der Waals surface area contributed by atoms with E-state index in [1.807, 2.05) is 0 Å². The zero-order valence-corrected chi connectivity index (χ0v) is 13.1. The topological polar surface area (TPSA) is 79.3 Å². The molecule has 5 nitrogen and oxygen atoms in total. The Hall–Kier alpha value is -1.44. The van der Waals surface area contributed by atoms with Crippen LogP contribution < -0.4 is 4.72 Å². The lowest BCUT2D eigenvalue weighted by atomic mass is 10.2. The van der Waals surface area contributed by atoms with Gasteiger partial charge in [-0.1, -0.05) is 12.1 Å². The van der Waals surface area contributed by atoms with Crippen LogP contribution >= 0.6 is 15.9 Å². The van der Waals surface area contributed by atoms with Crippen LogP contribution in [-0.4, -0.2) is 18.5 Å². The Morgan fingerprint density at radius 3 is 2.65 bits per heavy atom. The van der Waals surface area contributed by atoms with Gasteiger partial charge in [-0.2, -0.15) is 0 Å². The SMILES string of the molecule is Cc1cccc(NS(=O)(=O)c2ccc(CO)cc2Br)n1. The summed E-state index contributed by atoms with van der Waals surface area (Å²) in [7, 11) is -3.73. The molecular weight excluding hydrogens is 344 g/mol. The van der Waals surface area contributed by atoms with E-state index in [-0.39, 0.29) is 17.3 Å². The highest BCUT2D eigenvalue weighted by Gasteiger charge is 2.18. The Morgan fingerprint density at radius 1 is 1.30 bits per heavy atom. The summed E-state index contributed by atoms with van der Waals surface area (Å²) in [6.07, 6.45) is 0. The molecule has 0 radical (unpaired) electrons. The molecule has 0 saturated carbocycles. The fourth-order valence-corrected chi connectivity index (χ4v) is 3.78. The second kappa shape index (κ2) is 5.90. The van der Waals surface area contributed by atoms with Gasteiger partial charge >= 0.3 is 0 Å². The van der Waals surface area contributed by atoms with Crippen LogP contribution in [-0.2, 0) is 16.6 Å². The van der Waals surface area contributed by atoms with Crippen molar-refractivity contribution in [2.75, 3.05) is 4.72 Å². The highest BCUT2D eigenvalue weighted by Crippen LogP contribution is 2.25. The molecule has 20 heavy (non-hydrogen) atoms. The number of aliphatic hydroxyl groups is 1. The molecule has 0 bridgehead atoms. The Kier molecular flexibility index (Phi) is 4.42. The number of hydrogen-bond donors (Lipinski definition) is 2. The third-order valence-electron chi connectivity index (χ3n) is 2.60. The standard InChI is InChI=1S/C13H13BrN2O3S/c1-9-3-2-4-13(15-9)16-20(18,19)12-6-5-10(8-17)7-11(12)14/h2-7,17H,8H2,1H3,(H,15,16).